The van der Waals surface area contributed by atoms with Gasteiger partial charge >= 0.3 is 5.69 Å². The number of aromatic nitrogens is 2. The van der Waals surface area contributed by atoms with Crippen LogP contribution in [0.2, 0.25) is 0 Å². The highest BCUT2D eigenvalue weighted by Crippen LogP contribution is 2.15. The number of hydrogen-bond acceptors (Lipinski definition) is 5. The van der Waals surface area contributed by atoms with Gasteiger partial charge in [0.15, 0.2) is 5.78 Å². The lowest BCUT2D eigenvalue weighted by atomic mass is 10.1. The third-order valence-corrected chi connectivity index (χ3v) is 4.72. The van der Waals surface area contributed by atoms with Crippen LogP contribution in [0.3, 0.4) is 0 Å². The summed E-state index contributed by atoms with van der Waals surface area (Å²) >= 11 is 1.23. The maximum Gasteiger partial charge on any atom is 0.331 e. The summed E-state index contributed by atoms with van der Waals surface area (Å²) in [6, 6.07) is 8.13. The molecule has 2 aromatic heterocycles. The minimum atomic E-state index is -0.544. The van der Waals surface area contributed by atoms with E-state index < -0.39 is 11.6 Å². The average molecular weight is 357 g/mol. The molecule has 0 atom stereocenters. The minimum absolute atomic E-state index is 0.0607. The van der Waals surface area contributed by atoms with Gasteiger partial charge in [0.05, 0.1) is 5.52 Å². The number of carbonyl (C=O) groups excluding carboxylic acids is 2. The van der Waals surface area contributed by atoms with Crippen LogP contribution in [-0.2, 0) is 18.4 Å². The molecule has 0 saturated heterocycles. The first-order valence-electron chi connectivity index (χ1n) is 7.46. The first-order valence-corrected chi connectivity index (χ1v) is 8.34. The number of carbonyl (C=O) groups is 2. The van der Waals surface area contributed by atoms with Crippen LogP contribution in [0.25, 0.3) is 10.2 Å². The number of thiophene rings is 1. The first-order chi connectivity index (χ1) is 11.9. The Balaban J connectivity index is 1.88. The molecule has 0 aliphatic heterocycles. The van der Waals surface area contributed by atoms with Crippen LogP contribution in [0.4, 0.5) is 5.69 Å². The van der Waals surface area contributed by atoms with E-state index >= 15 is 0 Å². The maximum absolute atomic E-state index is 12.3. The summed E-state index contributed by atoms with van der Waals surface area (Å²) in [5, 5.41) is 4.39. The first kappa shape index (κ1) is 16.8. The van der Waals surface area contributed by atoms with E-state index in [2.05, 4.69) is 5.32 Å². The van der Waals surface area contributed by atoms with Crippen LogP contribution < -0.4 is 16.6 Å². The van der Waals surface area contributed by atoms with Crippen molar-refractivity contribution in [2.45, 2.75) is 13.5 Å². The third-order valence-electron chi connectivity index (χ3n) is 3.83. The van der Waals surface area contributed by atoms with Crippen molar-refractivity contribution in [3.05, 3.63) is 62.1 Å². The molecule has 0 radical (unpaired) electrons. The van der Waals surface area contributed by atoms with Crippen LogP contribution in [0.1, 0.15) is 17.3 Å². The molecule has 1 N–H and O–H groups in total. The molecule has 25 heavy (non-hydrogen) atoms. The second kappa shape index (κ2) is 6.48. The van der Waals surface area contributed by atoms with E-state index in [-0.39, 0.29) is 17.9 Å². The van der Waals surface area contributed by atoms with Gasteiger partial charge in [-0.3, -0.25) is 23.5 Å². The molecular formula is C17H15N3O4S. The third kappa shape index (κ3) is 3.16. The Bertz CT molecular complexity index is 1090. The van der Waals surface area contributed by atoms with E-state index in [1.54, 1.807) is 35.7 Å². The van der Waals surface area contributed by atoms with Gasteiger partial charge in [-0.15, -0.1) is 11.3 Å². The highest BCUT2D eigenvalue weighted by Gasteiger charge is 2.14. The fraction of sp³-hybridized carbons (Fsp3) is 0.176. The summed E-state index contributed by atoms with van der Waals surface area (Å²) in [6.45, 7) is 1.25. The van der Waals surface area contributed by atoms with Crippen molar-refractivity contribution < 1.29 is 9.59 Å². The zero-order valence-electron chi connectivity index (χ0n) is 13.6. The van der Waals surface area contributed by atoms with Crippen LogP contribution >= 0.6 is 11.3 Å². The molecule has 1 aromatic carbocycles. The maximum atomic E-state index is 12.3. The lowest BCUT2D eigenvalue weighted by Gasteiger charge is -2.10. The number of ketones is 1. The molecule has 0 unspecified atom stereocenters. The number of amides is 1. The van der Waals surface area contributed by atoms with Crippen LogP contribution in [0, 0.1) is 0 Å². The Morgan fingerprint density at radius 2 is 1.80 bits per heavy atom. The van der Waals surface area contributed by atoms with Crippen molar-refractivity contribution in [2.24, 2.45) is 7.05 Å². The lowest BCUT2D eigenvalue weighted by molar-refractivity contribution is -0.116. The van der Waals surface area contributed by atoms with Gasteiger partial charge in [-0.05, 0) is 42.6 Å². The molecule has 3 aromatic rings. The quantitative estimate of drug-likeness (QED) is 0.718. The number of nitrogens with one attached hydrogen (secondary N) is 1. The number of hydrogen-bond donors (Lipinski definition) is 1. The van der Waals surface area contributed by atoms with Gasteiger partial charge in [-0.1, -0.05) is 0 Å². The topological polar surface area (TPSA) is 90.2 Å². The normalized spacial score (nSPS) is 10.8. The van der Waals surface area contributed by atoms with Crippen molar-refractivity contribution in [1.82, 2.24) is 9.13 Å². The van der Waals surface area contributed by atoms with E-state index in [0.717, 1.165) is 4.57 Å². The van der Waals surface area contributed by atoms with Gasteiger partial charge < -0.3 is 5.32 Å². The minimum Gasteiger partial charge on any atom is -0.325 e. The zero-order chi connectivity index (χ0) is 18.1. The molecule has 0 spiro atoms. The Morgan fingerprint density at radius 3 is 2.44 bits per heavy atom. The number of Topliss-reactive ketones (excluding diaryl/α,β-unsaturated/α-hetero) is 1. The summed E-state index contributed by atoms with van der Waals surface area (Å²) in [5.74, 6) is -0.460. The van der Waals surface area contributed by atoms with Gasteiger partial charge in [0, 0.05) is 18.3 Å². The smallest absolute Gasteiger partial charge is 0.325 e. The van der Waals surface area contributed by atoms with Crippen molar-refractivity contribution >= 4 is 38.9 Å². The van der Waals surface area contributed by atoms with E-state index in [0.29, 0.717) is 21.5 Å². The molecule has 1 amide bonds. The molecule has 2 heterocycles. The molecule has 0 aliphatic rings. The van der Waals surface area contributed by atoms with Crippen molar-refractivity contribution in [3.63, 3.8) is 0 Å². The molecular weight excluding hydrogens is 342 g/mol. The number of anilines is 1. The van der Waals surface area contributed by atoms with Gasteiger partial charge in [0.1, 0.15) is 11.2 Å². The predicted molar refractivity (Wildman–Crippen MR) is 96.4 cm³/mol. The number of nitrogens with zero attached hydrogens (tertiary/aromatic N) is 2. The molecule has 7 nitrogen and oxygen atoms in total. The fourth-order valence-electron chi connectivity index (χ4n) is 2.48. The molecule has 128 valence electrons. The molecule has 3 rings (SSSR count). The molecule has 0 saturated carbocycles. The van der Waals surface area contributed by atoms with Crippen LogP contribution in [0.15, 0.2) is 45.3 Å². The van der Waals surface area contributed by atoms with Crippen molar-refractivity contribution in [2.75, 3.05) is 5.32 Å². The molecule has 8 heteroatoms. The summed E-state index contributed by atoms with van der Waals surface area (Å²) in [6.07, 6.45) is 0. The molecule has 0 fully saturated rings. The second-order valence-electron chi connectivity index (χ2n) is 5.55. The van der Waals surface area contributed by atoms with Gasteiger partial charge in [0.2, 0.25) is 5.91 Å². The Morgan fingerprint density at radius 1 is 1.12 bits per heavy atom. The SMILES string of the molecule is CC(=O)c1ccc(NC(=O)Cn2c(=O)n(C)c(=O)c3sccc32)cc1. The van der Waals surface area contributed by atoms with E-state index in [1.807, 2.05) is 0 Å². The lowest BCUT2D eigenvalue weighted by Crippen LogP contribution is -2.39. The second-order valence-corrected chi connectivity index (χ2v) is 6.47. The molecule has 0 aliphatic carbocycles. The monoisotopic (exact) mass is 357 g/mol. The van der Waals surface area contributed by atoms with Crippen molar-refractivity contribution in [1.29, 1.82) is 0 Å². The Labute approximate surface area is 146 Å². The van der Waals surface area contributed by atoms with Crippen molar-refractivity contribution in [3.8, 4) is 0 Å². The number of fused-ring (bicyclic) bond motifs is 1. The standard InChI is InChI=1S/C17H15N3O4S/c1-10(21)11-3-5-12(6-4-11)18-14(22)9-20-13-7-8-25-15(13)16(23)19(2)17(20)24/h3-8H,9H2,1-2H3,(H,18,22). The Hall–Kier alpha value is -3.00. The number of benzene rings is 1. The van der Waals surface area contributed by atoms with Gasteiger partial charge in [-0.25, -0.2) is 4.79 Å². The van der Waals surface area contributed by atoms with E-state index in [4.69, 9.17) is 0 Å². The number of rotatable bonds is 4. The van der Waals surface area contributed by atoms with Gasteiger partial charge in [-0.2, -0.15) is 0 Å². The van der Waals surface area contributed by atoms with Crippen LogP contribution in [-0.4, -0.2) is 20.8 Å². The Kier molecular flexibility index (Phi) is 4.37. The average Bonchev–Trinajstić information content (AvgIpc) is 3.07. The highest BCUT2D eigenvalue weighted by atomic mass is 32.1. The zero-order valence-corrected chi connectivity index (χ0v) is 14.4. The summed E-state index contributed by atoms with van der Waals surface area (Å²) in [7, 11) is 1.39. The van der Waals surface area contributed by atoms with Gasteiger partial charge in [0.25, 0.3) is 5.56 Å². The molecule has 0 bridgehead atoms. The van der Waals surface area contributed by atoms with E-state index in [9.17, 15) is 19.2 Å². The summed E-state index contributed by atoms with van der Waals surface area (Å²) < 4.78 is 2.70. The fourth-order valence-corrected chi connectivity index (χ4v) is 3.35. The highest BCUT2D eigenvalue weighted by molar-refractivity contribution is 7.17. The summed E-state index contributed by atoms with van der Waals surface area (Å²) in [5.41, 5.74) is 0.603. The summed E-state index contributed by atoms with van der Waals surface area (Å²) in [4.78, 5) is 47.9. The largest absolute Gasteiger partial charge is 0.331 e. The van der Waals surface area contributed by atoms with E-state index in [1.165, 1.54) is 29.9 Å². The predicted octanol–water partition coefficient (Wildman–Crippen LogP) is 1.60. The van der Waals surface area contributed by atoms with Crippen LogP contribution in [0.5, 0.6) is 0 Å².